The van der Waals surface area contributed by atoms with Gasteiger partial charge >= 0.3 is 0 Å². The first kappa shape index (κ1) is 27.4. The highest BCUT2D eigenvalue weighted by Gasteiger charge is 2.28. The van der Waals surface area contributed by atoms with Gasteiger partial charge in [-0.05, 0) is 56.9 Å². The molecule has 0 unspecified atom stereocenters. The predicted octanol–water partition coefficient (Wildman–Crippen LogP) is 3.79. The number of anilines is 1. The van der Waals surface area contributed by atoms with Crippen LogP contribution in [0, 0.1) is 13.8 Å². The molecule has 0 aliphatic carbocycles. The molecule has 2 rings (SSSR count). The minimum absolute atomic E-state index is 0.139. The summed E-state index contributed by atoms with van der Waals surface area (Å²) in [6.07, 6.45) is 2.14. The SMILES string of the molecule is CCNC(=O)[C@H](CC)N(Cc1ccccc1C)C(=O)CCCN(c1ccc(C)cc1)S(C)(=O)=O. The second kappa shape index (κ2) is 12.6. The molecule has 0 saturated carbocycles. The molecule has 7 nitrogen and oxygen atoms in total. The quantitative estimate of drug-likeness (QED) is 0.493. The summed E-state index contributed by atoms with van der Waals surface area (Å²) in [5, 5.41) is 2.83. The first-order valence-corrected chi connectivity index (χ1v) is 13.6. The molecular weight excluding hydrogens is 450 g/mol. The average Bonchev–Trinajstić information content (AvgIpc) is 2.78. The van der Waals surface area contributed by atoms with Crippen LogP contribution >= 0.6 is 0 Å². The highest BCUT2D eigenvalue weighted by molar-refractivity contribution is 7.92. The van der Waals surface area contributed by atoms with Crippen LogP contribution in [-0.4, -0.2) is 50.5 Å². The Morgan fingerprint density at radius 2 is 1.65 bits per heavy atom. The van der Waals surface area contributed by atoms with E-state index in [4.69, 9.17) is 0 Å². The van der Waals surface area contributed by atoms with Crippen molar-refractivity contribution < 1.29 is 18.0 Å². The number of aryl methyl sites for hydroxylation is 2. The molecule has 2 amide bonds. The molecule has 186 valence electrons. The zero-order valence-corrected chi connectivity index (χ0v) is 21.7. The first-order valence-electron chi connectivity index (χ1n) is 11.7. The molecule has 0 fully saturated rings. The Labute approximate surface area is 204 Å². The van der Waals surface area contributed by atoms with Crippen LogP contribution in [0.4, 0.5) is 5.69 Å². The third-order valence-corrected chi connectivity index (χ3v) is 7.01. The van der Waals surface area contributed by atoms with Crippen LogP contribution in [0.15, 0.2) is 48.5 Å². The van der Waals surface area contributed by atoms with E-state index in [2.05, 4.69) is 5.32 Å². The fraction of sp³-hybridized carbons (Fsp3) is 0.462. The molecule has 0 aromatic heterocycles. The number of nitrogens with zero attached hydrogens (tertiary/aromatic N) is 2. The molecule has 0 radical (unpaired) electrons. The van der Waals surface area contributed by atoms with Crippen LogP contribution in [0.1, 0.15) is 49.8 Å². The number of hydrogen-bond acceptors (Lipinski definition) is 4. The van der Waals surface area contributed by atoms with E-state index in [1.165, 1.54) is 10.6 Å². The van der Waals surface area contributed by atoms with Crippen molar-refractivity contribution in [3.05, 3.63) is 65.2 Å². The van der Waals surface area contributed by atoms with Crippen molar-refractivity contribution in [2.24, 2.45) is 0 Å². The first-order chi connectivity index (χ1) is 16.1. The minimum atomic E-state index is -3.50. The summed E-state index contributed by atoms with van der Waals surface area (Å²) in [4.78, 5) is 27.7. The Morgan fingerprint density at radius 3 is 2.21 bits per heavy atom. The smallest absolute Gasteiger partial charge is 0.242 e. The van der Waals surface area contributed by atoms with E-state index in [0.29, 0.717) is 31.6 Å². The summed E-state index contributed by atoms with van der Waals surface area (Å²) < 4.78 is 26.1. The van der Waals surface area contributed by atoms with Gasteiger partial charge in [0.05, 0.1) is 11.9 Å². The zero-order valence-electron chi connectivity index (χ0n) is 20.9. The number of sulfonamides is 1. The van der Waals surface area contributed by atoms with Gasteiger partial charge in [0, 0.05) is 26.1 Å². The Bertz CT molecular complexity index is 1070. The topological polar surface area (TPSA) is 86.8 Å². The summed E-state index contributed by atoms with van der Waals surface area (Å²) in [6, 6.07) is 14.5. The molecule has 0 bridgehead atoms. The van der Waals surface area contributed by atoms with Gasteiger partial charge in [-0.3, -0.25) is 13.9 Å². The molecular formula is C26H37N3O4S. The number of likely N-dealkylation sites (N-methyl/N-ethyl adjacent to an activating group) is 1. The van der Waals surface area contributed by atoms with Gasteiger partial charge in [0.2, 0.25) is 21.8 Å². The highest BCUT2D eigenvalue weighted by Crippen LogP contribution is 2.20. The fourth-order valence-electron chi connectivity index (χ4n) is 3.90. The van der Waals surface area contributed by atoms with E-state index < -0.39 is 16.1 Å². The maximum atomic E-state index is 13.4. The van der Waals surface area contributed by atoms with E-state index >= 15 is 0 Å². The summed E-state index contributed by atoms with van der Waals surface area (Å²) in [5.74, 6) is -0.344. The van der Waals surface area contributed by atoms with Crippen molar-refractivity contribution in [2.75, 3.05) is 23.7 Å². The Kier molecular flexibility index (Phi) is 10.1. The van der Waals surface area contributed by atoms with Crippen molar-refractivity contribution in [2.45, 2.75) is 59.5 Å². The lowest BCUT2D eigenvalue weighted by Gasteiger charge is -2.31. The number of hydrogen-bond donors (Lipinski definition) is 1. The molecule has 0 saturated heterocycles. The van der Waals surface area contributed by atoms with Gasteiger partial charge in [-0.1, -0.05) is 48.9 Å². The number of carbonyl (C=O) groups is 2. The van der Waals surface area contributed by atoms with Gasteiger partial charge in [0.1, 0.15) is 6.04 Å². The van der Waals surface area contributed by atoms with Crippen LogP contribution in [0.2, 0.25) is 0 Å². The summed E-state index contributed by atoms with van der Waals surface area (Å²) in [5.41, 5.74) is 3.64. The molecule has 34 heavy (non-hydrogen) atoms. The van der Waals surface area contributed by atoms with Crippen LogP contribution in [0.3, 0.4) is 0 Å². The third kappa shape index (κ3) is 7.58. The van der Waals surface area contributed by atoms with Crippen LogP contribution in [0.5, 0.6) is 0 Å². The van der Waals surface area contributed by atoms with E-state index in [-0.39, 0.29) is 24.8 Å². The molecule has 2 aromatic rings. The molecule has 0 heterocycles. The summed E-state index contributed by atoms with van der Waals surface area (Å²) >= 11 is 0. The van der Waals surface area contributed by atoms with E-state index in [1.54, 1.807) is 17.0 Å². The molecule has 2 aromatic carbocycles. The molecule has 1 N–H and O–H groups in total. The number of nitrogens with one attached hydrogen (secondary N) is 1. The van der Waals surface area contributed by atoms with Gasteiger partial charge in [-0.25, -0.2) is 8.42 Å². The normalized spacial score (nSPS) is 12.1. The van der Waals surface area contributed by atoms with Crippen molar-refractivity contribution in [1.29, 1.82) is 0 Å². The highest BCUT2D eigenvalue weighted by atomic mass is 32.2. The zero-order chi connectivity index (χ0) is 25.3. The van der Waals surface area contributed by atoms with Crippen molar-refractivity contribution in [3.63, 3.8) is 0 Å². The monoisotopic (exact) mass is 487 g/mol. The van der Waals surface area contributed by atoms with Gasteiger partial charge < -0.3 is 10.2 Å². The predicted molar refractivity (Wildman–Crippen MR) is 137 cm³/mol. The Morgan fingerprint density at radius 1 is 1.00 bits per heavy atom. The minimum Gasteiger partial charge on any atom is -0.355 e. The molecule has 8 heteroatoms. The fourth-order valence-corrected chi connectivity index (χ4v) is 4.86. The van der Waals surface area contributed by atoms with Crippen LogP contribution in [-0.2, 0) is 26.2 Å². The Hall–Kier alpha value is -2.87. The number of rotatable bonds is 12. The number of benzene rings is 2. The Balaban J connectivity index is 2.20. The van der Waals surface area contributed by atoms with Crippen molar-refractivity contribution >= 4 is 27.5 Å². The average molecular weight is 488 g/mol. The van der Waals surface area contributed by atoms with E-state index in [1.807, 2.05) is 64.1 Å². The van der Waals surface area contributed by atoms with Crippen LogP contribution < -0.4 is 9.62 Å². The second-order valence-electron chi connectivity index (χ2n) is 8.54. The maximum absolute atomic E-state index is 13.4. The van der Waals surface area contributed by atoms with E-state index in [0.717, 1.165) is 16.7 Å². The standard InChI is InChI=1S/C26H37N3O4S/c1-6-24(26(31)27-7-2)28(19-22-12-9-8-11-21(22)4)25(30)13-10-18-29(34(5,32)33)23-16-14-20(3)15-17-23/h8-9,11-12,14-17,24H,6-7,10,13,18-19H2,1-5H3,(H,27,31)/t24-/m0/s1. The number of carbonyl (C=O) groups excluding carboxylic acids is 2. The van der Waals surface area contributed by atoms with E-state index in [9.17, 15) is 18.0 Å². The van der Waals surface area contributed by atoms with Gasteiger partial charge in [0.25, 0.3) is 0 Å². The molecule has 0 aliphatic rings. The third-order valence-electron chi connectivity index (χ3n) is 5.81. The van der Waals surface area contributed by atoms with Crippen molar-refractivity contribution in [3.8, 4) is 0 Å². The summed E-state index contributed by atoms with van der Waals surface area (Å²) in [7, 11) is -3.50. The molecule has 0 aliphatic heterocycles. The van der Waals surface area contributed by atoms with Crippen molar-refractivity contribution in [1.82, 2.24) is 10.2 Å². The molecule has 0 spiro atoms. The maximum Gasteiger partial charge on any atom is 0.242 e. The van der Waals surface area contributed by atoms with Crippen LogP contribution in [0.25, 0.3) is 0 Å². The second-order valence-corrected chi connectivity index (χ2v) is 10.4. The van der Waals surface area contributed by atoms with Gasteiger partial charge in [-0.15, -0.1) is 0 Å². The lowest BCUT2D eigenvalue weighted by molar-refractivity contribution is -0.141. The number of amides is 2. The lowest BCUT2D eigenvalue weighted by atomic mass is 10.1. The van der Waals surface area contributed by atoms with Gasteiger partial charge in [0.15, 0.2) is 0 Å². The largest absolute Gasteiger partial charge is 0.355 e. The molecule has 1 atom stereocenters. The van der Waals surface area contributed by atoms with Gasteiger partial charge in [-0.2, -0.15) is 0 Å². The summed E-state index contributed by atoms with van der Waals surface area (Å²) in [6.45, 7) is 8.66. The lowest BCUT2D eigenvalue weighted by Crippen LogP contribution is -2.49.